The Hall–Kier alpha value is -3.71. The molecule has 0 amide bonds. The van der Waals surface area contributed by atoms with E-state index in [4.69, 9.17) is 4.42 Å². The molecule has 3 aromatic heterocycles. The minimum Gasteiger partial charge on any atom is -0.422 e. The van der Waals surface area contributed by atoms with Gasteiger partial charge in [0.25, 0.3) is 0 Å². The molecule has 136 valence electrons. The van der Waals surface area contributed by atoms with Crippen molar-refractivity contribution in [3.8, 4) is 11.3 Å². The number of nitrogens with one attached hydrogen (secondary N) is 2. The third-order valence-corrected chi connectivity index (χ3v) is 5.16. The third kappa shape index (κ3) is 2.97. The molecule has 2 aromatic carbocycles. The molecule has 7 heteroatoms. The predicted octanol–water partition coefficient (Wildman–Crippen LogP) is 4.84. The Morgan fingerprint density at radius 2 is 2.07 bits per heavy atom. The van der Waals surface area contributed by atoms with Crippen molar-refractivity contribution >= 4 is 44.6 Å². The third-order valence-electron chi connectivity index (χ3n) is 4.41. The van der Waals surface area contributed by atoms with Gasteiger partial charge in [-0.15, -0.1) is 11.3 Å². The van der Waals surface area contributed by atoms with Gasteiger partial charge >= 0.3 is 5.63 Å². The lowest BCUT2D eigenvalue weighted by Gasteiger charge is -1.99. The van der Waals surface area contributed by atoms with Crippen molar-refractivity contribution in [2.75, 3.05) is 5.43 Å². The zero-order valence-electron chi connectivity index (χ0n) is 14.5. The van der Waals surface area contributed by atoms with Crippen LogP contribution in [0.5, 0.6) is 0 Å². The molecule has 0 unspecified atom stereocenters. The largest absolute Gasteiger partial charge is 0.422 e. The SMILES string of the molecule is O=c1oc2ccccc2cc1-c1csc(N/N=C/c2cccc3[nH]ccc23)n1. The van der Waals surface area contributed by atoms with Gasteiger partial charge < -0.3 is 9.40 Å². The van der Waals surface area contributed by atoms with Crippen molar-refractivity contribution in [2.45, 2.75) is 0 Å². The normalized spacial score (nSPS) is 11.6. The zero-order valence-corrected chi connectivity index (χ0v) is 15.4. The molecule has 0 atom stereocenters. The van der Waals surface area contributed by atoms with Crippen LogP contribution in [0.2, 0.25) is 0 Å². The maximum Gasteiger partial charge on any atom is 0.345 e. The van der Waals surface area contributed by atoms with Gasteiger partial charge in [0.2, 0.25) is 5.13 Å². The summed E-state index contributed by atoms with van der Waals surface area (Å²) in [6.45, 7) is 0. The van der Waals surface area contributed by atoms with Crippen LogP contribution >= 0.6 is 11.3 Å². The fourth-order valence-electron chi connectivity index (χ4n) is 3.07. The van der Waals surface area contributed by atoms with Gasteiger partial charge in [-0.3, -0.25) is 5.43 Å². The Bertz CT molecular complexity index is 1380. The maximum atomic E-state index is 12.3. The van der Waals surface area contributed by atoms with E-state index in [1.807, 2.05) is 54.0 Å². The van der Waals surface area contributed by atoms with E-state index in [9.17, 15) is 4.79 Å². The summed E-state index contributed by atoms with van der Waals surface area (Å²) in [7, 11) is 0. The molecule has 0 radical (unpaired) electrons. The molecule has 0 aliphatic carbocycles. The van der Waals surface area contributed by atoms with Crippen LogP contribution in [0.4, 0.5) is 5.13 Å². The summed E-state index contributed by atoms with van der Waals surface area (Å²) in [5.41, 5.74) is 6.15. The number of para-hydroxylation sites is 1. The van der Waals surface area contributed by atoms with Gasteiger partial charge in [-0.2, -0.15) is 5.10 Å². The molecule has 3 heterocycles. The highest BCUT2D eigenvalue weighted by Crippen LogP contribution is 2.25. The number of fused-ring (bicyclic) bond motifs is 2. The molecule has 0 spiro atoms. The van der Waals surface area contributed by atoms with Gasteiger partial charge in [0.05, 0.1) is 17.5 Å². The van der Waals surface area contributed by atoms with E-state index in [1.54, 1.807) is 18.3 Å². The Morgan fingerprint density at radius 1 is 1.14 bits per heavy atom. The molecule has 0 saturated carbocycles. The number of hydrogen-bond donors (Lipinski definition) is 2. The fourth-order valence-corrected chi connectivity index (χ4v) is 3.73. The summed E-state index contributed by atoms with van der Waals surface area (Å²) >= 11 is 1.38. The summed E-state index contributed by atoms with van der Waals surface area (Å²) in [6.07, 6.45) is 3.65. The number of anilines is 1. The number of hydrazone groups is 1. The standard InChI is InChI=1S/C21H14N4O2S/c26-20-16(10-13-4-1-2-7-19(13)27-20)18-12-28-21(24-18)25-23-11-14-5-3-6-17-15(14)8-9-22-17/h1-12,22H,(H,24,25)/b23-11+. The quantitative estimate of drug-likeness (QED) is 0.263. The summed E-state index contributed by atoms with van der Waals surface area (Å²) < 4.78 is 5.38. The molecule has 5 rings (SSSR count). The predicted molar refractivity (Wildman–Crippen MR) is 113 cm³/mol. The number of benzene rings is 2. The lowest BCUT2D eigenvalue weighted by molar-refractivity contribution is 0.563. The van der Waals surface area contributed by atoms with Gasteiger partial charge in [0.1, 0.15) is 5.58 Å². The molecule has 5 aromatic rings. The Kier molecular flexibility index (Phi) is 3.99. The summed E-state index contributed by atoms with van der Waals surface area (Å²) in [4.78, 5) is 19.9. The van der Waals surface area contributed by atoms with Crippen LogP contribution in [0.1, 0.15) is 5.56 Å². The van der Waals surface area contributed by atoms with Crippen LogP contribution in [0.25, 0.3) is 33.1 Å². The van der Waals surface area contributed by atoms with Crippen LogP contribution in [-0.4, -0.2) is 16.2 Å². The smallest absolute Gasteiger partial charge is 0.345 e. The summed E-state index contributed by atoms with van der Waals surface area (Å²) in [6, 6.07) is 17.2. The van der Waals surface area contributed by atoms with Crippen molar-refractivity contribution in [2.24, 2.45) is 5.10 Å². The molecule has 2 N–H and O–H groups in total. The second-order valence-electron chi connectivity index (χ2n) is 6.18. The van der Waals surface area contributed by atoms with Gasteiger partial charge in [0.15, 0.2) is 0 Å². The number of thiazole rings is 1. The van der Waals surface area contributed by atoms with Crippen molar-refractivity contribution in [1.29, 1.82) is 0 Å². The van der Waals surface area contributed by atoms with Crippen LogP contribution in [0.3, 0.4) is 0 Å². The minimum absolute atomic E-state index is 0.404. The molecule has 6 nitrogen and oxygen atoms in total. The Morgan fingerprint density at radius 3 is 3.04 bits per heavy atom. The highest BCUT2D eigenvalue weighted by molar-refractivity contribution is 7.14. The Labute approximate surface area is 163 Å². The molecule has 0 aliphatic rings. The van der Waals surface area contributed by atoms with Gasteiger partial charge in [-0.05, 0) is 24.3 Å². The number of rotatable bonds is 4. The molecule has 0 aliphatic heterocycles. The Balaban J connectivity index is 1.40. The van der Waals surface area contributed by atoms with Gasteiger partial charge in [0, 0.05) is 33.4 Å². The van der Waals surface area contributed by atoms with E-state index in [2.05, 4.69) is 20.5 Å². The zero-order chi connectivity index (χ0) is 18.9. The molecular formula is C21H14N4O2S. The van der Waals surface area contributed by atoms with Crippen molar-refractivity contribution in [3.05, 3.63) is 82.2 Å². The van der Waals surface area contributed by atoms with Gasteiger partial charge in [-0.1, -0.05) is 30.3 Å². The summed E-state index contributed by atoms with van der Waals surface area (Å²) in [5.74, 6) is 0. The van der Waals surface area contributed by atoms with Crippen molar-refractivity contribution in [3.63, 3.8) is 0 Å². The summed E-state index contributed by atoms with van der Waals surface area (Å²) in [5, 5.41) is 8.64. The fraction of sp³-hybridized carbons (Fsp3) is 0. The first-order valence-corrected chi connectivity index (χ1v) is 9.50. The number of nitrogens with zero attached hydrogens (tertiary/aromatic N) is 2. The first-order valence-electron chi connectivity index (χ1n) is 8.62. The van der Waals surface area contributed by atoms with E-state index in [0.29, 0.717) is 22.0 Å². The highest BCUT2D eigenvalue weighted by Gasteiger charge is 2.11. The molecular weight excluding hydrogens is 372 g/mol. The maximum absolute atomic E-state index is 12.3. The minimum atomic E-state index is -0.404. The number of aromatic amines is 1. The van der Waals surface area contributed by atoms with Gasteiger partial charge in [-0.25, -0.2) is 9.78 Å². The topological polar surface area (TPSA) is 83.3 Å². The van der Waals surface area contributed by atoms with Crippen LogP contribution in [0.15, 0.2) is 80.5 Å². The first kappa shape index (κ1) is 16.5. The van der Waals surface area contributed by atoms with E-state index < -0.39 is 5.63 Å². The number of aromatic nitrogens is 2. The number of hydrogen-bond acceptors (Lipinski definition) is 6. The molecule has 28 heavy (non-hydrogen) atoms. The van der Waals surface area contributed by atoms with Crippen LogP contribution < -0.4 is 11.1 Å². The monoisotopic (exact) mass is 386 g/mol. The highest BCUT2D eigenvalue weighted by atomic mass is 32.1. The van der Waals surface area contributed by atoms with Crippen LogP contribution in [0, 0.1) is 0 Å². The van der Waals surface area contributed by atoms with Crippen LogP contribution in [-0.2, 0) is 0 Å². The average molecular weight is 386 g/mol. The number of H-pyrrole nitrogens is 1. The average Bonchev–Trinajstić information content (AvgIpc) is 3.37. The lowest BCUT2D eigenvalue weighted by Crippen LogP contribution is -2.02. The molecule has 0 saturated heterocycles. The van der Waals surface area contributed by atoms with Crippen molar-refractivity contribution in [1.82, 2.24) is 9.97 Å². The molecule has 0 bridgehead atoms. The van der Waals surface area contributed by atoms with E-state index in [1.165, 1.54) is 11.3 Å². The first-order chi connectivity index (χ1) is 13.8. The molecule has 0 fully saturated rings. The van der Waals surface area contributed by atoms with E-state index >= 15 is 0 Å². The second kappa shape index (κ2) is 6.79. The van der Waals surface area contributed by atoms with E-state index in [-0.39, 0.29) is 0 Å². The van der Waals surface area contributed by atoms with Crippen molar-refractivity contribution < 1.29 is 4.42 Å². The lowest BCUT2D eigenvalue weighted by atomic mass is 10.1. The second-order valence-corrected chi connectivity index (χ2v) is 7.04. The van der Waals surface area contributed by atoms with E-state index in [0.717, 1.165) is 21.9 Å².